The largest absolute Gasteiger partial charge is 0.488 e. The van der Waals surface area contributed by atoms with Gasteiger partial charge in [0.25, 0.3) is 0 Å². The number of allylic oxidation sites excluding steroid dienone is 1. The molecule has 0 aliphatic carbocycles. The van der Waals surface area contributed by atoms with E-state index in [1.165, 1.54) is 0 Å². The first-order valence-corrected chi connectivity index (χ1v) is 11.5. The molecule has 0 fully saturated rings. The number of ether oxygens (including phenoxy) is 1. The minimum atomic E-state index is -0.651. The van der Waals surface area contributed by atoms with Crippen molar-refractivity contribution < 1.29 is 9.84 Å². The molecule has 0 spiro atoms. The second-order valence-corrected chi connectivity index (χ2v) is 8.84. The highest BCUT2D eigenvalue weighted by atomic mass is 16.5. The lowest BCUT2D eigenvalue weighted by Crippen LogP contribution is -2.12. The standard InChI is InChI=1S/C29H35NO2/c1-7-13-24-27(26(21(6)31)29(20(4)5)30-28(24)19(2)3)23-16-11-12-17-25(23)32-18-22-14-9-8-10-15-22/h7-17,19-21,31H,18H2,1-6H3/b13-7+. The van der Waals surface area contributed by atoms with Crippen LogP contribution in [-0.4, -0.2) is 10.1 Å². The van der Waals surface area contributed by atoms with Gasteiger partial charge in [-0.25, -0.2) is 0 Å². The quantitative estimate of drug-likeness (QED) is 0.399. The Morgan fingerprint density at radius 1 is 0.875 bits per heavy atom. The zero-order valence-corrected chi connectivity index (χ0v) is 20.1. The Morgan fingerprint density at radius 3 is 2.09 bits per heavy atom. The lowest BCUT2D eigenvalue weighted by molar-refractivity contribution is 0.197. The Hall–Kier alpha value is -2.91. The van der Waals surface area contributed by atoms with Crippen LogP contribution in [0, 0.1) is 0 Å². The molecule has 0 aliphatic heterocycles. The molecular formula is C29H35NO2. The molecule has 1 aromatic heterocycles. The van der Waals surface area contributed by atoms with Gasteiger partial charge in [-0.1, -0.05) is 88.4 Å². The lowest BCUT2D eigenvalue weighted by Gasteiger charge is -2.26. The van der Waals surface area contributed by atoms with Crippen molar-refractivity contribution in [3.63, 3.8) is 0 Å². The average Bonchev–Trinajstić information content (AvgIpc) is 2.78. The van der Waals surface area contributed by atoms with E-state index in [0.29, 0.717) is 6.61 Å². The van der Waals surface area contributed by atoms with Gasteiger partial charge in [-0.3, -0.25) is 4.98 Å². The molecule has 168 valence electrons. The summed E-state index contributed by atoms with van der Waals surface area (Å²) in [4.78, 5) is 5.07. The van der Waals surface area contributed by atoms with E-state index in [1.807, 2.05) is 56.3 Å². The number of aliphatic hydroxyl groups excluding tert-OH is 1. The summed E-state index contributed by atoms with van der Waals surface area (Å²) < 4.78 is 6.32. The average molecular weight is 430 g/mol. The number of nitrogens with zero attached hydrogens (tertiary/aromatic N) is 1. The summed E-state index contributed by atoms with van der Waals surface area (Å²) in [5.74, 6) is 1.24. The van der Waals surface area contributed by atoms with Gasteiger partial charge in [-0.05, 0) is 37.3 Å². The molecule has 0 radical (unpaired) electrons. The van der Waals surface area contributed by atoms with Crippen molar-refractivity contribution in [2.24, 2.45) is 0 Å². The maximum absolute atomic E-state index is 10.9. The van der Waals surface area contributed by atoms with Crippen molar-refractivity contribution in [2.45, 2.75) is 66.1 Å². The van der Waals surface area contributed by atoms with E-state index in [-0.39, 0.29) is 11.8 Å². The van der Waals surface area contributed by atoms with E-state index >= 15 is 0 Å². The molecule has 1 unspecified atom stereocenters. The molecule has 32 heavy (non-hydrogen) atoms. The van der Waals surface area contributed by atoms with Crippen LogP contribution in [0.1, 0.15) is 87.6 Å². The predicted octanol–water partition coefficient (Wildman–Crippen LogP) is 7.66. The summed E-state index contributed by atoms with van der Waals surface area (Å²) in [6, 6.07) is 18.3. The third-order valence-electron chi connectivity index (χ3n) is 5.57. The number of aromatic nitrogens is 1. The summed E-state index contributed by atoms with van der Waals surface area (Å²) in [5.41, 5.74) is 7.05. The van der Waals surface area contributed by atoms with E-state index in [0.717, 1.165) is 45.0 Å². The first kappa shape index (κ1) is 23.7. The molecule has 0 saturated carbocycles. The Balaban J connectivity index is 2.28. The molecular weight excluding hydrogens is 394 g/mol. The second-order valence-electron chi connectivity index (χ2n) is 8.84. The fourth-order valence-corrected chi connectivity index (χ4v) is 4.11. The minimum Gasteiger partial charge on any atom is -0.488 e. The summed E-state index contributed by atoms with van der Waals surface area (Å²) in [6.45, 7) is 12.9. The van der Waals surface area contributed by atoms with Crippen LogP contribution >= 0.6 is 0 Å². The third kappa shape index (κ3) is 5.11. The number of hydrogen-bond donors (Lipinski definition) is 1. The summed E-state index contributed by atoms with van der Waals surface area (Å²) >= 11 is 0. The highest BCUT2D eigenvalue weighted by molar-refractivity contribution is 5.84. The molecule has 1 N–H and O–H groups in total. The van der Waals surface area contributed by atoms with Crippen LogP contribution in [0.25, 0.3) is 17.2 Å². The number of rotatable bonds is 8. The van der Waals surface area contributed by atoms with Gasteiger partial charge >= 0.3 is 0 Å². The maximum Gasteiger partial charge on any atom is 0.127 e. The van der Waals surface area contributed by atoms with Crippen molar-refractivity contribution in [1.29, 1.82) is 0 Å². The van der Waals surface area contributed by atoms with Crippen LogP contribution in [0.5, 0.6) is 5.75 Å². The molecule has 3 rings (SSSR count). The van der Waals surface area contributed by atoms with Gasteiger partial charge in [0.1, 0.15) is 12.4 Å². The predicted molar refractivity (Wildman–Crippen MR) is 134 cm³/mol. The summed E-state index contributed by atoms with van der Waals surface area (Å²) in [7, 11) is 0. The molecule has 0 amide bonds. The van der Waals surface area contributed by atoms with Crippen LogP contribution in [0.4, 0.5) is 0 Å². The number of para-hydroxylation sites is 1. The van der Waals surface area contributed by atoms with E-state index in [9.17, 15) is 5.11 Å². The third-order valence-corrected chi connectivity index (χ3v) is 5.57. The van der Waals surface area contributed by atoms with Crippen LogP contribution in [-0.2, 0) is 6.61 Å². The zero-order chi connectivity index (χ0) is 23.3. The van der Waals surface area contributed by atoms with Gasteiger partial charge in [0, 0.05) is 27.9 Å². The Bertz CT molecular complexity index is 1070. The smallest absolute Gasteiger partial charge is 0.127 e. The first-order chi connectivity index (χ1) is 15.3. The molecule has 3 nitrogen and oxygen atoms in total. The fraction of sp³-hybridized carbons (Fsp3) is 0.345. The summed E-state index contributed by atoms with van der Waals surface area (Å²) in [5, 5.41) is 10.9. The number of benzene rings is 2. The van der Waals surface area contributed by atoms with Crippen LogP contribution in [0.15, 0.2) is 60.7 Å². The highest BCUT2D eigenvalue weighted by Crippen LogP contribution is 2.43. The summed E-state index contributed by atoms with van der Waals surface area (Å²) in [6.07, 6.45) is 3.50. The molecule has 2 aromatic carbocycles. The van der Waals surface area contributed by atoms with Gasteiger partial charge in [-0.15, -0.1) is 0 Å². The van der Waals surface area contributed by atoms with Crippen molar-refractivity contribution in [3.8, 4) is 16.9 Å². The molecule has 3 heteroatoms. The number of pyridine rings is 1. The molecule has 0 bridgehead atoms. The Morgan fingerprint density at radius 2 is 1.50 bits per heavy atom. The van der Waals surface area contributed by atoms with Gasteiger partial charge < -0.3 is 9.84 Å². The van der Waals surface area contributed by atoms with Crippen molar-refractivity contribution >= 4 is 6.08 Å². The Kier molecular flexibility index (Phi) is 7.87. The number of hydrogen-bond acceptors (Lipinski definition) is 3. The Labute approximate surface area is 192 Å². The van der Waals surface area contributed by atoms with Gasteiger partial charge in [-0.2, -0.15) is 0 Å². The molecule has 3 aromatic rings. The van der Waals surface area contributed by atoms with E-state index < -0.39 is 6.10 Å². The molecule has 1 atom stereocenters. The van der Waals surface area contributed by atoms with Crippen molar-refractivity contribution in [3.05, 3.63) is 88.8 Å². The fourth-order valence-electron chi connectivity index (χ4n) is 4.11. The zero-order valence-electron chi connectivity index (χ0n) is 20.1. The number of aliphatic hydroxyl groups is 1. The molecule has 0 aliphatic rings. The molecule has 0 saturated heterocycles. The highest BCUT2D eigenvalue weighted by Gasteiger charge is 2.26. The normalized spacial score (nSPS) is 12.7. The van der Waals surface area contributed by atoms with Crippen LogP contribution < -0.4 is 4.74 Å². The van der Waals surface area contributed by atoms with Gasteiger partial charge in [0.15, 0.2) is 0 Å². The van der Waals surface area contributed by atoms with Crippen molar-refractivity contribution in [2.75, 3.05) is 0 Å². The van der Waals surface area contributed by atoms with Gasteiger partial charge in [0.05, 0.1) is 11.8 Å². The van der Waals surface area contributed by atoms with E-state index in [2.05, 4.69) is 52.0 Å². The molecule has 1 heterocycles. The van der Waals surface area contributed by atoms with Crippen LogP contribution in [0.3, 0.4) is 0 Å². The van der Waals surface area contributed by atoms with Gasteiger partial charge in [0.2, 0.25) is 0 Å². The minimum absolute atomic E-state index is 0.188. The lowest BCUT2D eigenvalue weighted by atomic mass is 9.85. The van der Waals surface area contributed by atoms with E-state index in [4.69, 9.17) is 9.72 Å². The second kappa shape index (κ2) is 10.6. The topological polar surface area (TPSA) is 42.4 Å². The van der Waals surface area contributed by atoms with Crippen molar-refractivity contribution in [1.82, 2.24) is 4.98 Å². The monoisotopic (exact) mass is 429 g/mol. The SMILES string of the molecule is C/C=C/c1c(C(C)C)nc(C(C)C)c(C(C)O)c1-c1ccccc1OCc1ccccc1. The van der Waals surface area contributed by atoms with Crippen LogP contribution in [0.2, 0.25) is 0 Å². The van der Waals surface area contributed by atoms with E-state index in [1.54, 1.807) is 0 Å². The maximum atomic E-state index is 10.9. The first-order valence-electron chi connectivity index (χ1n) is 11.5.